The molecule has 7 heteroatoms. The monoisotopic (exact) mass is 367 g/mol. The van der Waals surface area contributed by atoms with Gasteiger partial charge in [-0.15, -0.1) is 0 Å². The number of alkyl halides is 3. The molecule has 3 fully saturated rings. The quantitative estimate of drug-likeness (QED) is 0.802. The van der Waals surface area contributed by atoms with Gasteiger partial charge >= 0.3 is 6.18 Å². The number of aromatic nitrogens is 1. The first-order valence-electron chi connectivity index (χ1n) is 9.50. The number of hydrogen-bond acceptors (Lipinski definition) is 3. The van der Waals surface area contributed by atoms with Gasteiger partial charge in [-0.2, -0.15) is 13.2 Å². The van der Waals surface area contributed by atoms with Gasteiger partial charge in [-0.1, -0.05) is 12.5 Å². The molecular weight excluding hydrogens is 343 g/mol. The number of likely N-dealkylation sites (tertiary alicyclic amines) is 1. The van der Waals surface area contributed by atoms with Crippen molar-refractivity contribution in [2.75, 3.05) is 31.1 Å². The highest BCUT2D eigenvalue weighted by Gasteiger charge is 2.40. The number of pyridine rings is 1. The van der Waals surface area contributed by atoms with E-state index in [4.69, 9.17) is 0 Å². The predicted molar refractivity (Wildman–Crippen MR) is 91.6 cm³/mol. The molecule has 0 N–H and O–H groups in total. The van der Waals surface area contributed by atoms with Gasteiger partial charge in [0.1, 0.15) is 11.5 Å². The van der Waals surface area contributed by atoms with Crippen molar-refractivity contribution in [2.45, 2.75) is 38.3 Å². The topological polar surface area (TPSA) is 36.4 Å². The zero-order valence-electron chi connectivity index (χ0n) is 14.7. The lowest BCUT2D eigenvalue weighted by molar-refractivity contribution is -0.141. The molecule has 1 saturated carbocycles. The van der Waals surface area contributed by atoms with Crippen LogP contribution >= 0.6 is 0 Å². The van der Waals surface area contributed by atoms with E-state index in [0.29, 0.717) is 43.6 Å². The Hall–Kier alpha value is -1.79. The van der Waals surface area contributed by atoms with Crippen LogP contribution in [0.5, 0.6) is 0 Å². The van der Waals surface area contributed by atoms with E-state index in [9.17, 15) is 18.0 Å². The molecule has 0 bridgehead atoms. The van der Waals surface area contributed by atoms with Gasteiger partial charge in [0.05, 0.1) is 0 Å². The van der Waals surface area contributed by atoms with E-state index in [-0.39, 0.29) is 11.8 Å². The van der Waals surface area contributed by atoms with Crippen LogP contribution in [-0.4, -0.2) is 42.0 Å². The number of carbonyl (C=O) groups excluding carboxylic acids is 1. The molecule has 2 saturated heterocycles. The van der Waals surface area contributed by atoms with E-state index in [1.807, 2.05) is 9.80 Å². The maximum absolute atomic E-state index is 12.8. The zero-order chi connectivity index (χ0) is 18.3. The molecule has 4 nitrogen and oxygen atoms in total. The molecule has 1 aliphatic carbocycles. The zero-order valence-corrected chi connectivity index (χ0v) is 14.7. The van der Waals surface area contributed by atoms with Crippen LogP contribution in [0.25, 0.3) is 0 Å². The molecule has 4 rings (SSSR count). The highest BCUT2D eigenvalue weighted by Crippen LogP contribution is 2.39. The number of piperidine rings is 1. The molecule has 1 amide bonds. The Morgan fingerprint density at radius 3 is 2.31 bits per heavy atom. The summed E-state index contributed by atoms with van der Waals surface area (Å²) in [6, 6.07) is 3.99. The van der Waals surface area contributed by atoms with Crippen LogP contribution in [-0.2, 0) is 11.0 Å². The summed E-state index contributed by atoms with van der Waals surface area (Å²) in [6.07, 6.45) is 0.714. The van der Waals surface area contributed by atoms with Crippen LogP contribution in [0.4, 0.5) is 19.0 Å². The van der Waals surface area contributed by atoms with Crippen LogP contribution in [0.3, 0.4) is 0 Å². The first-order valence-corrected chi connectivity index (χ1v) is 9.50. The lowest BCUT2D eigenvalue weighted by Gasteiger charge is -2.34. The Kier molecular flexibility index (Phi) is 4.57. The summed E-state index contributed by atoms with van der Waals surface area (Å²) in [5.74, 6) is 1.97. The fraction of sp³-hybridized carbons (Fsp3) is 0.684. The van der Waals surface area contributed by atoms with Crippen LogP contribution < -0.4 is 4.90 Å². The summed E-state index contributed by atoms with van der Waals surface area (Å²) in [5, 5.41) is 0. The van der Waals surface area contributed by atoms with Gasteiger partial charge < -0.3 is 9.80 Å². The molecule has 2 unspecified atom stereocenters. The van der Waals surface area contributed by atoms with Gasteiger partial charge in [0.25, 0.3) is 0 Å². The fourth-order valence-corrected chi connectivity index (χ4v) is 4.79. The van der Waals surface area contributed by atoms with Crippen molar-refractivity contribution in [1.82, 2.24) is 9.88 Å². The highest BCUT2D eigenvalue weighted by molar-refractivity contribution is 5.79. The summed E-state index contributed by atoms with van der Waals surface area (Å²) < 4.78 is 38.5. The summed E-state index contributed by atoms with van der Waals surface area (Å²) in [7, 11) is 0. The minimum atomic E-state index is -4.43. The average Bonchev–Trinajstić information content (AvgIpc) is 3.23. The molecule has 0 spiro atoms. The smallest absolute Gasteiger partial charge is 0.357 e. The molecule has 3 heterocycles. The lowest BCUT2D eigenvalue weighted by Crippen LogP contribution is -2.42. The normalized spacial score (nSPS) is 27.0. The number of anilines is 1. The minimum absolute atomic E-state index is 0.00382. The largest absolute Gasteiger partial charge is 0.433 e. The maximum Gasteiger partial charge on any atom is 0.433 e. The second-order valence-corrected chi connectivity index (χ2v) is 7.83. The van der Waals surface area contributed by atoms with Crippen molar-refractivity contribution in [3.63, 3.8) is 0 Å². The number of nitrogens with zero attached hydrogens (tertiary/aromatic N) is 3. The molecule has 3 aliphatic rings. The van der Waals surface area contributed by atoms with Gasteiger partial charge in [0.2, 0.25) is 5.91 Å². The molecular formula is C19H24F3N3O. The number of hydrogen-bond donors (Lipinski definition) is 0. The Morgan fingerprint density at radius 1 is 1.04 bits per heavy atom. The minimum Gasteiger partial charge on any atom is -0.357 e. The molecule has 1 aromatic heterocycles. The van der Waals surface area contributed by atoms with Crippen LogP contribution in [0.1, 0.15) is 37.8 Å². The number of carbonyl (C=O) groups is 1. The van der Waals surface area contributed by atoms with Gasteiger partial charge in [0, 0.05) is 32.1 Å². The molecule has 0 aromatic carbocycles. The molecule has 26 heavy (non-hydrogen) atoms. The first kappa shape index (κ1) is 17.6. The molecule has 2 atom stereocenters. The number of fused-ring (bicyclic) bond motifs is 1. The van der Waals surface area contributed by atoms with Gasteiger partial charge in [-0.25, -0.2) is 4.98 Å². The Labute approximate surface area is 151 Å². The van der Waals surface area contributed by atoms with Crippen LogP contribution in [0, 0.1) is 17.8 Å². The Bertz CT molecular complexity index is 658. The molecule has 1 aromatic rings. The summed E-state index contributed by atoms with van der Waals surface area (Å²) >= 11 is 0. The van der Waals surface area contributed by atoms with Crippen molar-refractivity contribution in [1.29, 1.82) is 0 Å². The molecule has 0 radical (unpaired) electrons. The number of amides is 1. The Morgan fingerprint density at radius 2 is 1.69 bits per heavy atom. The van der Waals surface area contributed by atoms with Gasteiger partial charge in [-0.05, 0) is 49.7 Å². The van der Waals surface area contributed by atoms with E-state index in [2.05, 4.69) is 4.98 Å². The van der Waals surface area contributed by atoms with Crippen LogP contribution in [0.15, 0.2) is 18.2 Å². The second kappa shape index (κ2) is 6.74. The van der Waals surface area contributed by atoms with E-state index < -0.39 is 11.9 Å². The number of halogens is 3. The van der Waals surface area contributed by atoms with E-state index in [1.54, 1.807) is 6.07 Å². The third-order valence-corrected chi connectivity index (χ3v) is 6.23. The van der Waals surface area contributed by atoms with Crippen molar-refractivity contribution >= 4 is 11.7 Å². The summed E-state index contributed by atoms with van der Waals surface area (Å²) in [4.78, 5) is 20.5. The number of rotatable bonds is 2. The van der Waals surface area contributed by atoms with E-state index in [1.165, 1.54) is 25.3 Å². The van der Waals surface area contributed by atoms with Crippen LogP contribution in [0.2, 0.25) is 0 Å². The second-order valence-electron chi connectivity index (χ2n) is 7.83. The van der Waals surface area contributed by atoms with Crippen molar-refractivity contribution in [3.8, 4) is 0 Å². The maximum atomic E-state index is 12.8. The molecule has 142 valence electrons. The van der Waals surface area contributed by atoms with Crippen molar-refractivity contribution in [2.24, 2.45) is 17.8 Å². The summed E-state index contributed by atoms with van der Waals surface area (Å²) in [6.45, 7) is 2.95. The third kappa shape index (κ3) is 3.40. The van der Waals surface area contributed by atoms with Crippen molar-refractivity contribution in [3.05, 3.63) is 23.9 Å². The SMILES string of the molecule is O=C(C1CCN(c2cccc(C(F)(F)F)n2)CC1)N1CC2CCCC2C1. The van der Waals surface area contributed by atoms with Crippen molar-refractivity contribution < 1.29 is 18.0 Å². The fourth-order valence-electron chi connectivity index (χ4n) is 4.79. The van der Waals surface area contributed by atoms with Gasteiger partial charge in [-0.3, -0.25) is 4.79 Å². The third-order valence-electron chi connectivity index (χ3n) is 6.23. The standard InChI is InChI=1S/C19H24F3N3O/c20-19(21,22)16-5-2-6-17(23-16)24-9-7-13(8-10-24)18(26)25-11-14-3-1-4-15(14)12-25/h2,5-6,13-15H,1,3-4,7-12H2. The predicted octanol–water partition coefficient (Wildman–Crippen LogP) is 3.58. The first-order chi connectivity index (χ1) is 12.4. The van der Waals surface area contributed by atoms with E-state index >= 15 is 0 Å². The lowest BCUT2D eigenvalue weighted by atomic mass is 9.95. The van der Waals surface area contributed by atoms with Gasteiger partial charge in [0.15, 0.2) is 0 Å². The Balaban J connectivity index is 1.35. The average molecular weight is 367 g/mol. The summed E-state index contributed by atoms with van der Waals surface area (Å²) in [5.41, 5.74) is -0.864. The molecule has 2 aliphatic heterocycles. The van der Waals surface area contributed by atoms with E-state index in [0.717, 1.165) is 19.2 Å². The highest BCUT2D eigenvalue weighted by atomic mass is 19.4.